The molecule has 3 aromatic carbocycles. The Balaban J connectivity index is 1.85. The quantitative estimate of drug-likeness (QED) is 0.172. The molecule has 0 saturated carbocycles. The number of hydrogen-bond donors (Lipinski definition) is 0. The zero-order chi connectivity index (χ0) is 29.3. The monoisotopic (exact) mass is 557 g/mol. The molecule has 2 aliphatic heterocycles. The van der Waals surface area contributed by atoms with E-state index in [0.29, 0.717) is 45.8 Å². The first-order valence-electron chi connectivity index (χ1n) is 13.4. The minimum absolute atomic E-state index is 0.0310. The fourth-order valence-corrected chi connectivity index (χ4v) is 4.95. The fraction of sp³-hybridized carbons (Fsp3) is 0.303. The molecule has 0 radical (unpaired) electrons. The lowest BCUT2D eigenvalue weighted by Crippen LogP contribution is -2.07. The summed E-state index contributed by atoms with van der Waals surface area (Å²) in [6.07, 6.45) is 1.60. The van der Waals surface area contributed by atoms with Crippen LogP contribution in [0.1, 0.15) is 27.7 Å². The van der Waals surface area contributed by atoms with Gasteiger partial charge in [0.15, 0.2) is 34.5 Å². The van der Waals surface area contributed by atoms with Gasteiger partial charge in [-0.1, -0.05) is 6.07 Å². The third kappa shape index (κ3) is 5.29. The van der Waals surface area contributed by atoms with Crippen molar-refractivity contribution in [1.82, 2.24) is 4.98 Å². The molecular weight excluding hydrogens is 522 g/mol. The SMILES string of the molecule is COc1ccc(-c2nc3coc4cc(OC(C)C)c(OC)cc4c-3c2-c2ccc(OC)c(OC(C)C)c2)cc1OC. The Morgan fingerprint density at radius 2 is 1.12 bits per heavy atom. The molecule has 0 bridgehead atoms. The molecule has 8 heteroatoms. The van der Waals surface area contributed by atoms with E-state index in [9.17, 15) is 0 Å². The maximum Gasteiger partial charge on any atom is 0.165 e. The zero-order valence-corrected chi connectivity index (χ0v) is 24.7. The molecule has 0 spiro atoms. The van der Waals surface area contributed by atoms with E-state index in [4.69, 9.17) is 37.8 Å². The second kappa shape index (κ2) is 11.5. The van der Waals surface area contributed by atoms with E-state index in [1.165, 1.54) is 0 Å². The first-order chi connectivity index (χ1) is 19.8. The van der Waals surface area contributed by atoms with Crippen LogP contribution in [-0.2, 0) is 0 Å². The lowest BCUT2D eigenvalue weighted by molar-refractivity contribution is 0.230. The van der Waals surface area contributed by atoms with Gasteiger partial charge in [-0.05, 0) is 69.7 Å². The van der Waals surface area contributed by atoms with Crippen LogP contribution in [-0.4, -0.2) is 45.6 Å². The van der Waals surface area contributed by atoms with Crippen LogP contribution in [0.2, 0.25) is 0 Å². The number of ether oxygens (including phenoxy) is 6. The zero-order valence-electron chi connectivity index (χ0n) is 24.7. The standard InChI is InChI=1S/C33H35NO7/c1-18(2)40-29-13-20(9-11-25(29)36-6)31-32-22-15-28(38-8)30(41-19(3)4)16-26(22)39-17-23(32)34-33(31)21-10-12-24(35-5)27(14-21)37-7/h9-19H,1-8H3. The average molecular weight is 558 g/mol. The van der Waals surface area contributed by atoms with Crippen molar-refractivity contribution in [2.75, 3.05) is 28.4 Å². The van der Waals surface area contributed by atoms with E-state index >= 15 is 0 Å². The minimum Gasteiger partial charge on any atom is -0.493 e. The number of benzene rings is 3. The molecule has 41 heavy (non-hydrogen) atoms. The Hall–Kier alpha value is -4.59. The smallest absolute Gasteiger partial charge is 0.165 e. The second-order valence-corrected chi connectivity index (χ2v) is 10.1. The molecule has 0 unspecified atom stereocenters. The van der Waals surface area contributed by atoms with Crippen LogP contribution >= 0.6 is 0 Å². The molecule has 0 saturated heterocycles. The molecule has 0 aromatic heterocycles. The highest BCUT2D eigenvalue weighted by molar-refractivity contribution is 6.07. The van der Waals surface area contributed by atoms with Crippen molar-refractivity contribution < 1.29 is 32.8 Å². The van der Waals surface area contributed by atoms with Crippen LogP contribution in [0.4, 0.5) is 0 Å². The third-order valence-corrected chi connectivity index (χ3v) is 6.64. The van der Waals surface area contributed by atoms with Crippen LogP contribution in [0.3, 0.4) is 0 Å². The Morgan fingerprint density at radius 1 is 0.585 bits per heavy atom. The highest BCUT2D eigenvalue weighted by atomic mass is 16.5. The van der Waals surface area contributed by atoms with Gasteiger partial charge in [0, 0.05) is 28.1 Å². The lowest BCUT2D eigenvalue weighted by Gasteiger charge is -2.17. The van der Waals surface area contributed by atoms with Crippen LogP contribution in [0, 0.1) is 0 Å². The Bertz CT molecular complexity index is 1650. The van der Waals surface area contributed by atoms with Gasteiger partial charge in [-0.3, -0.25) is 0 Å². The number of methoxy groups -OCH3 is 4. The molecule has 5 rings (SSSR count). The summed E-state index contributed by atoms with van der Waals surface area (Å²) in [6.45, 7) is 7.91. The van der Waals surface area contributed by atoms with Crippen LogP contribution in [0.15, 0.2) is 59.2 Å². The normalized spacial score (nSPS) is 11.4. The van der Waals surface area contributed by atoms with Gasteiger partial charge >= 0.3 is 0 Å². The average Bonchev–Trinajstić information content (AvgIpc) is 3.36. The number of hydrogen-bond acceptors (Lipinski definition) is 8. The number of fused-ring (bicyclic) bond motifs is 3. The van der Waals surface area contributed by atoms with Crippen molar-refractivity contribution in [1.29, 1.82) is 0 Å². The predicted octanol–water partition coefficient (Wildman–Crippen LogP) is 7.88. The predicted molar refractivity (Wildman–Crippen MR) is 159 cm³/mol. The number of nitrogens with zero attached hydrogens (tertiary/aromatic N) is 1. The fourth-order valence-electron chi connectivity index (χ4n) is 4.95. The van der Waals surface area contributed by atoms with E-state index in [0.717, 1.165) is 33.3 Å². The van der Waals surface area contributed by atoms with E-state index < -0.39 is 0 Å². The summed E-state index contributed by atoms with van der Waals surface area (Å²) in [7, 11) is 6.49. The summed E-state index contributed by atoms with van der Waals surface area (Å²) in [4.78, 5) is 5.07. The van der Waals surface area contributed by atoms with Gasteiger partial charge in [-0.15, -0.1) is 0 Å². The van der Waals surface area contributed by atoms with E-state index in [2.05, 4.69) is 0 Å². The summed E-state index contributed by atoms with van der Waals surface area (Å²) in [5.41, 5.74) is 5.67. The van der Waals surface area contributed by atoms with Crippen molar-refractivity contribution in [2.45, 2.75) is 39.9 Å². The van der Waals surface area contributed by atoms with Gasteiger partial charge < -0.3 is 32.8 Å². The van der Waals surface area contributed by atoms with Crippen molar-refractivity contribution in [2.24, 2.45) is 0 Å². The molecule has 0 fully saturated rings. The van der Waals surface area contributed by atoms with Gasteiger partial charge in [0.1, 0.15) is 17.5 Å². The summed E-state index contributed by atoms with van der Waals surface area (Å²) in [6, 6.07) is 15.5. The topological polar surface area (TPSA) is 81.4 Å². The first-order valence-corrected chi connectivity index (χ1v) is 13.4. The first kappa shape index (κ1) is 28.0. The van der Waals surface area contributed by atoms with Gasteiger partial charge in [-0.25, -0.2) is 4.98 Å². The highest BCUT2D eigenvalue weighted by Gasteiger charge is 2.27. The largest absolute Gasteiger partial charge is 0.493 e. The summed E-state index contributed by atoms with van der Waals surface area (Å²) in [5, 5.41) is 0.840. The van der Waals surface area contributed by atoms with Gasteiger partial charge in [0.05, 0.1) is 46.3 Å². The lowest BCUT2D eigenvalue weighted by atomic mass is 9.93. The molecule has 0 amide bonds. The maximum absolute atomic E-state index is 6.14. The van der Waals surface area contributed by atoms with Crippen molar-refractivity contribution >= 4 is 11.0 Å². The molecule has 2 aliphatic rings. The molecule has 8 nitrogen and oxygen atoms in total. The van der Waals surface area contributed by atoms with E-state index in [1.807, 2.05) is 76.2 Å². The summed E-state index contributed by atoms with van der Waals surface area (Å²) >= 11 is 0. The minimum atomic E-state index is -0.0396. The van der Waals surface area contributed by atoms with Gasteiger partial charge in [-0.2, -0.15) is 0 Å². The Kier molecular flexibility index (Phi) is 7.83. The number of rotatable bonds is 10. The molecule has 214 valence electrons. The van der Waals surface area contributed by atoms with Gasteiger partial charge in [0.25, 0.3) is 0 Å². The van der Waals surface area contributed by atoms with E-state index in [1.54, 1.807) is 34.7 Å². The van der Waals surface area contributed by atoms with Crippen molar-refractivity contribution in [3.05, 3.63) is 54.8 Å². The molecular formula is C33H35NO7. The summed E-state index contributed by atoms with van der Waals surface area (Å²) < 4.78 is 40.7. The second-order valence-electron chi connectivity index (χ2n) is 10.1. The third-order valence-electron chi connectivity index (χ3n) is 6.64. The Morgan fingerprint density at radius 3 is 1.73 bits per heavy atom. The van der Waals surface area contributed by atoms with Crippen molar-refractivity contribution in [3.8, 4) is 68.1 Å². The van der Waals surface area contributed by atoms with Crippen LogP contribution in [0.5, 0.6) is 34.5 Å². The molecule has 0 aliphatic carbocycles. The van der Waals surface area contributed by atoms with Gasteiger partial charge in [0.2, 0.25) is 0 Å². The van der Waals surface area contributed by atoms with E-state index in [-0.39, 0.29) is 12.2 Å². The molecule has 0 N–H and O–H groups in total. The molecule has 0 atom stereocenters. The van der Waals surface area contributed by atoms with Crippen LogP contribution < -0.4 is 28.4 Å². The highest BCUT2D eigenvalue weighted by Crippen LogP contribution is 2.49. The molecule has 2 heterocycles. The number of aromatic nitrogens is 1. The Labute approximate surface area is 240 Å². The van der Waals surface area contributed by atoms with Crippen molar-refractivity contribution in [3.63, 3.8) is 0 Å². The maximum atomic E-state index is 6.14. The molecule has 3 aromatic rings. The summed E-state index contributed by atoms with van der Waals surface area (Å²) in [5.74, 6) is 3.74. The van der Waals surface area contributed by atoms with Crippen LogP contribution in [0.25, 0.3) is 44.6 Å².